The maximum absolute atomic E-state index is 13.0. The van der Waals surface area contributed by atoms with Gasteiger partial charge < -0.3 is 4.90 Å². The van der Waals surface area contributed by atoms with E-state index in [1.807, 2.05) is 18.2 Å². The standard InChI is InChI=1S/C16H15BrN2O2S2/c1-3-4-7-19-11-6-5-9(17)8-10(11)12(14(19)20)13-15(21)18(2)16(22)23-13/h5-6,8H,3-4,7H2,1-2H3/b13-12-. The van der Waals surface area contributed by atoms with E-state index in [1.54, 1.807) is 11.9 Å². The highest BCUT2D eigenvalue weighted by molar-refractivity contribution is 9.10. The van der Waals surface area contributed by atoms with Crippen LogP contribution in [0, 0.1) is 0 Å². The van der Waals surface area contributed by atoms with Crippen LogP contribution in [0.25, 0.3) is 5.57 Å². The highest BCUT2D eigenvalue weighted by Crippen LogP contribution is 2.45. The van der Waals surface area contributed by atoms with Crippen molar-refractivity contribution in [2.75, 3.05) is 18.5 Å². The molecule has 0 aliphatic carbocycles. The SMILES string of the molecule is CCCCN1C(=O)/C(=C2\SC(=S)N(C)C2=O)c2cc(Br)ccc21. The molecule has 0 atom stereocenters. The smallest absolute Gasteiger partial charge is 0.266 e. The zero-order chi connectivity index (χ0) is 16.7. The second-order valence-electron chi connectivity index (χ2n) is 5.41. The normalized spacial score (nSPS) is 20.7. The number of hydrogen-bond acceptors (Lipinski definition) is 4. The molecule has 0 unspecified atom stereocenters. The lowest BCUT2D eigenvalue weighted by atomic mass is 10.1. The fourth-order valence-corrected chi connectivity index (χ4v) is 4.27. The van der Waals surface area contributed by atoms with Gasteiger partial charge in [0, 0.05) is 23.6 Å². The van der Waals surface area contributed by atoms with Crippen molar-refractivity contribution in [1.29, 1.82) is 0 Å². The Bertz CT molecular complexity index is 760. The monoisotopic (exact) mass is 410 g/mol. The molecule has 0 spiro atoms. The lowest BCUT2D eigenvalue weighted by molar-refractivity contribution is -0.121. The number of halogens is 1. The maximum Gasteiger partial charge on any atom is 0.266 e. The minimum atomic E-state index is -0.202. The van der Waals surface area contributed by atoms with Crippen LogP contribution < -0.4 is 4.90 Å². The van der Waals surface area contributed by atoms with Gasteiger partial charge in [-0.05, 0) is 24.6 Å². The molecule has 0 radical (unpaired) electrons. The molecule has 1 aromatic carbocycles. The molecule has 2 aliphatic heterocycles. The van der Waals surface area contributed by atoms with Gasteiger partial charge in [0.25, 0.3) is 11.8 Å². The predicted molar refractivity (Wildman–Crippen MR) is 101 cm³/mol. The van der Waals surface area contributed by atoms with E-state index in [0.29, 0.717) is 21.3 Å². The van der Waals surface area contributed by atoms with Gasteiger partial charge in [0.05, 0.1) is 16.2 Å². The molecule has 4 nitrogen and oxygen atoms in total. The number of carbonyl (C=O) groups excluding carboxylic acids is 2. The van der Waals surface area contributed by atoms with E-state index >= 15 is 0 Å². The second-order valence-corrected chi connectivity index (χ2v) is 7.97. The number of anilines is 1. The van der Waals surface area contributed by atoms with Crippen LogP contribution >= 0.6 is 39.9 Å². The first-order valence-electron chi connectivity index (χ1n) is 7.31. The van der Waals surface area contributed by atoms with Crippen molar-refractivity contribution >= 4 is 67.3 Å². The van der Waals surface area contributed by atoms with Crippen molar-refractivity contribution < 1.29 is 9.59 Å². The summed E-state index contributed by atoms with van der Waals surface area (Å²) >= 11 is 9.85. The number of thiocarbonyl (C=S) groups is 1. The summed E-state index contributed by atoms with van der Waals surface area (Å²) in [6.07, 6.45) is 1.92. The average molecular weight is 411 g/mol. The Morgan fingerprint density at radius 3 is 2.61 bits per heavy atom. The quantitative estimate of drug-likeness (QED) is 0.561. The Morgan fingerprint density at radius 2 is 2.00 bits per heavy atom. The minimum Gasteiger partial charge on any atom is -0.308 e. The van der Waals surface area contributed by atoms with E-state index < -0.39 is 0 Å². The molecule has 0 aromatic heterocycles. The number of likely N-dealkylation sites (N-methyl/N-ethyl adjacent to an activating group) is 1. The van der Waals surface area contributed by atoms with E-state index in [9.17, 15) is 9.59 Å². The summed E-state index contributed by atoms with van der Waals surface area (Å²) in [7, 11) is 1.64. The first-order chi connectivity index (χ1) is 11.0. The van der Waals surface area contributed by atoms with Crippen molar-refractivity contribution in [3.8, 4) is 0 Å². The molecule has 23 heavy (non-hydrogen) atoms. The van der Waals surface area contributed by atoms with Crippen LogP contribution in [0.3, 0.4) is 0 Å². The number of hydrogen-bond donors (Lipinski definition) is 0. The molecule has 2 aliphatic rings. The lowest BCUT2D eigenvalue weighted by Gasteiger charge is -2.16. The zero-order valence-corrected chi connectivity index (χ0v) is 16.0. The van der Waals surface area contributed by atoms with Gasteiger partial charge in [-0.2, -0.15) is 0 Å². The van der Waals surface area contributed by atoms with Crippen LogP contribution in [-0.2, 0) is 9.59 Å². The Morgan fingerprint density at radius 1 is 1.26 bits per heavy atom. The van der Waals surface area contributed by atoms with E-state index in [0.717, 1.165) is 28.6 Å². The molecular weight excluding hydrogens is 396 g/mol. The molecule has 1 saturated heterocycles. The van der Waals surface area contributed by atoms with Crippen LogP contribution in [0.5, 0.6) is 0 Å². The van der Waals surface area contributed by atoms with Crippen molar-refractivity contribution in [2.24, 2.45) is 0 Å². The number of benzene rings is 1. The summed E-state index contributed by atoms with van der Waals surface area (Å²) < 4.78 is 1.36. The highest BCUT2D eigenvalue weighted by Gasteiger charge is 2.40. The third-order valence-corrected chi connectivity index (χ3v) is 5.95. The van der Waals surface area contributed by atoms with Gasteiger partial charge in [-0.25, -0.2) is 0 Å². The molecular formula is C16H15BrN2O2S2. The number of carbonyl (C=O) groups is 2. The Balaban J connectivity index is 2.16. The Labute approximate surface area is 153 Å². The summed E-state index contributed by atoms with van der Waals surface area (Å²) in [6, 6.07) is 5.74. The summed E-state index contributed by atoms with van der Waals surface area (Å²) in [5.74, 6) is -0.313. The fourth-order valence-electron chi connectivity index (χ4n) is 2.65. The second kappa shape index (κ2) is 6.37. The van der Waals surface area contributed by atoms with Crippen LogP contribution in [0.2, 0.25) is 0 Å². The van der Waals surface area contributed by atoms with Crippen LogP contribution in [-0.4, -0.2) is 34.6 Å². The molecule has 1 aromatic rings. The summed E-state index contributed by atoms with van der Waals surface area (Å²) in [5.41, 5.74) is 2.14. The van der Waals surface area contributed by atoms with E-state index in [4.69, 9.17) is 12.2 Å². The summed E-state index contributed by atoms with van der Waals surface area (Å²) in [5, 5.41) is 0. The Hall–Kier alpha value is -1.18. The van der Waals surface area contributed by atoms with Crippen molar-refractivity contribution in [1.82, 2.24) is 4.90 Å². The minimum absolute atomic E-state index is 0.111. The van der Waals surface area contributed by atoms with Gasteiger partial charge in [-0.15, -0.1) is 0 Å². The first kappa shape index (κ1) is 16.7. The van der Waals surface area contributed by atoms with Crippen LogP contribution in [0.15, 0.2) is 27.6 Å². The summed E-state index contributed by atoms with van der Waals surface area (Å²) in [6.45, 7) is 2.74. The molecule has 0 saturated carbocycles. The largest absolute Gasteiger partial charge is 0.308 e. The van der Waals surface area contributed by atoms with Gasteiger partial charge >= 0.3 is 0 Å². The maximum atomic E-state index is 13.0. The number of fused-ring (bicyclic) bond motifs is 1. The predicted octanol–water partition coefficient (Wildman–Crippen LogP) is 3.80. The fraction of sp³-hybridized carbons (Fsp3) is 0.312. The van der Waals surface area contributed by atoms with Crippen molar-refractivity contribution in [3.63, 3.8) is 0 Å². The molecule has 1 fully saturated rings. The third kappa shape index (κ3) is 2.75. The topological polar surface area (TPSA) is 40.6 Å². The number of thioether (sulfide) groups is 1. The molecule has 3 rings (SSSR count). The van der Waals surface area contributed by atoms with Gasteiger partial charge in [-0.3, -0.25) is 14.5 Å². The van der Waals surface area contributed by atoms with Crippen LogP contribution in [0.1, 0.15) is 25.3 Å². The number of unbranched alkanes of at least 4 members (excludes halogenated alkanes) is 1. The number of amides is 2. The highest BCUT2D eigenvalue weighted by atomic mass is 79.9. The van der Waals surface area contributed by atoms with E-state index in [-0.39, 0.29) is 11.8 Å². The average Bonchev–Trinajstić information content (AvgIpc) is 2.93. The first-order valence-corrected chi connectivity index (χ1v) is 9.33. The van der Waals surface area contributed by atoms with Crippen LogP contribution in [0.4, 0.5) is 5.69 Å². The van der Waals surface area contributed by atoms with E-state index in [2.05, 4.69) is 22.9 Å². The molecule has 0 N–H and O–H groups in total. The molecule has 2 amide bonds. The summed E-state index contributed by atoms with van der Waals surface area (Å²) in [4.78, 5) is 29.0. The van der Waals surface area contributed by atoms with Gasteiger partial charge in [0.15, 0.2) is 0 Å². The number of rotatable bonds is 3. The molecule has 0 bridgehead atoms. The van der Waals surface area contributed by atoms with Gasteiger partial charge in [-0.1, -0.05) is 53.3 Å². The Kier molecular flexibility index (Phi) is 4.62. The molecule has 2 heterocycles. The van der Waals surface area contributed by atoms with Crippen molar-refractivity contribution in [3.05, 3.63) is 33.1 Å². The van der Waals surface area contributed by atoms with Gasteiger partial charge in [0.1, 0.15) is 4.32 Å². The molecule has 120 valence electrons. The number of nitrogens with zero attached hydrogens (tertiary/aromatic N) is 2. The lowest BCUT2D eigenvalue weighted by Crippen LogP contribution is -2.28. The van der Waals surface area contributed by atoms with Crippen molar-refractivity contribution in [2.45, 2.75) is 19.8 Å². The van der Waals surface area contributed by atoms with Gasteiger partial charge in [0.2, 0.25) is 0 Å². The molecule has 7 heteroatoms. The van der Waals surface area contributed by atoms with E-state index in [1.165, 1.54) is 16.7 Å². The zero-order valence-electron chi connectivity index (χ0n) is 12.8. The third-order valence-electron chi connectivity index (χ3n) is 3.90.